The van der Waals surface area contributed by atoms with Gasteiger partial charge in [-0.1, -0.05) is 30.3 Å². The first kappa shape index (κ1) is 16.6. The number of hydrogen-bond acceptors (Lipinski definition) is 5. The Balaban J connectivity index is 1.62. The molecule has 1 fully saturated rings. The van der Waals surface area contributed by atoms with E-state index in [1.165, 1.54) is 18.4 Å². The molecule has 1 aromatic carbocycles. The van der Waals surface area contributed by atoms with E-state index < -0.39 is 0 Å². The minimum absolute atomic E-state index is 0.298. The molecule has 0 atom stereocenters. The zero-order valence-corrected chi connectivity index (χ0v) is 14.6. The molecule has 0 spiro atoms. The number of nitrogens with two attached hydrogens (primary N) is 1. The van der Waals surface area contributed by atoms with Gasteiger partial charge in [-0.3, -0.25) is 0 Å². The molecule has 5 heteroatoms. The van der Waals surface area contributed by atoms with Crippen LogP contribution in [0.25, 0.3) is 0 Å². The highest BCUT2D eigenvalue weighted by Gasteiger charge is 2.23. The predicted octanol–water partition coefficient (Wildman–Crippen LogP) is 3.34. The number of piperidine rings is 1. The number of rotatable bonds is 5. The SMILES string of the molecule is CC(C)Nc1ncnc(N2CCC(Cc3ccccc3)CC2)c1N. The Morgan fingerprint density at radius 1 is 1.17 bits per heavy atom. The van der Waals surface area contributed by atoms with Crippen LogP contribution in [0.15, 0.2) is 36.7 Å². The molecular formula is C19H27N5. The lowest BCUT2D eigenvalue weighted by Crippen LogP contribution is -2.35. The molecule has 0 radical (unpaired) electrons. The third-order valence-electron chi connectivity index (χ3n) is 4.57. The topological polar surface area (TPSA) is 67.1 Å². The third kappa shape index (κ3) is 3.96. The van der Waals surface area contributed by atoms with Crippen molar-refractivity contribution in [3.8, 4) is 0 Å². The van der Waals surface area contributed by atoms with Gasteiger partial charge in [0.05, 0.1) is 0 Å². The van der Waals surface area contributed by atoms with E-state index in [2.05, 4.69) is 64.4 Å². The molecule has 0 unspecified atom stereocenters. The highest BCUT2D eigenvalue weighted by atomic mass is 15.2. The molecule has 3 rings (SSSR count). The van der Waals surface area contributed by atoms with Crippen molar-refractivity contribution < 1.29 is 0 Å². The summed E-state index contributed by atoms with van der Waals surface area (Å²) in [4.78, 5) is 11.0. The van der Waals surface area contributed by atoms with E-state index in [1.54, 1.807) is 6.33 Å². The Kier molecular flexibility index (Phi) is 5.18. The highest BCUT2D eigenvalue weighted by Crippen LogP contribution is 2.30. The Labute approximate surface area is 144 Å². The second kappa shape index (κ2) is 7.51. The van der Waals surface area contributed by atoms with Gasteiger partial charge in [0.1, 0.15) is 12.0 Å². The van der Waals surface area contributed by atoms with Crippen LogP contribution < -0.4 is 16.0 Å². The van der Waals surface area contributed by atoms with Crippen LogP contribution in [0.4, 0.5) is 17.3 Å². The van der Waals surface area contributed by atoms with Crippen molar-refractivity contribution in [1.29, 1.82) is 0 Å². The maximum Gasteiger partial charge on any atom is 0.157 e. The van der Waals surface area contributed by atoms with Crippen molar-refractivity contribution in [3.63, 3.8) is 0 Å². The summed E-state index contributed by atoms with van der Waals surface area (Å²) >= 11 is 0. The summed E-state index contributed by atoms with van der Waals surface area (Å²) in [6, 6.07) is 11.1. The Morgan fingerprint density at radius 2 is 1.88 bits per heavy atom. The Bertz CT molecular complexity index is 648. The smallest absolute Gasteiger partial charge is 0.157 e. The molecule has 2 aromatic rings. The van der Waals surface area contributed by atoms with Crippen LogP contribution in [0, 0.1) is 5.92 Å². The molecule has 1 aromatic heterocycles. The fourth-order valence-corrected chi connectivity index (χ4v) is 3.32. The maximum atomic E-state index is 6.29. The first-order valence-corrected chi connectivity index (χ1v) is 8.79. The summed E-state index contributed by atoms with van der Waals surface area (Å²) in [6.07, 6.45) is 5.11. The van der Waals surface area contributed by atoms with E-state index in [4.69, 9.17) is 5.73 Å². The van der Waals surface area contributed by atoms with Crippen LogP contribution in [0.5, 0.6) is 0 Å². The van der Waals surface area contributed by atoms with Crippen molar-refractivity contribution >= 4 is 17.3 Å². The molecule has 5 nitrogen and oxygen atoms in total. The lowest BCUT2D eigenvalue weighted by Gasteiger charge is -2.33. The number of nitrogen functional groups attached to an aromatic ring is 1. The van der Waals surface area contributed by atoms with E-state index in [0.717, 1.165) is 37.1 Å². The first-order chi connectivity index (χ1) is 11.6. The molecule has 2 heterocycles. The van der Waals surface area contributed by atoms with E-state index in [-0.39, 0.29) is 0 Å². The molecule has 1 aliphatic rings. The van der Waals surface area contributed by atoms with Crippen molar-refractivity contribution in [2.24, 2.45) is 5.92 Å². The summed E-state index contributed by atoms with van der Waals surface area (Å²) in [5, 5.41) is 3.29. The van der Waals surface area contributed by atoms with Crippen LogP contribution in [-0.4, -0.2) is 29.1 Å². The van der Waals surface area contributed by atoms with E-state index in [9.17, 15) is 0 Å². The molecule has 0 amide bonds. The quantitative estimate of drug-likeness (QED) is 0.882. The van der Waals surface area contributed by atoms with Crippen molar-refractivity contribution in [2.75, 3.05) is 29.0 Å². The predicted molar refractivity (Wildman–Crippen MR) is 100 cm³/mol. The van der Waals surface area contributed by atoms with Crippen LogP contribution >= 0.6 is 0 Å². The number of anilines is 3. The van der Waals surface area contributed by atoms with Gasteiger partial charge in [-0.2, -0.15) is 0 Å². The van der Waals surface area contributed by atoms with Gasteiger partial charge in [-0.25, -0.2) is 9.97 Å². The zero-order valence-electron chi connectivity index (χ0n) is 14.6. The van der Waals surface area contributed by atoms with E-state index in [1.807, 2.05) is 0 Å². The standard InChI is InChI=1S/C19H27N5/c1-14(2)23-18-17(20)19(22-13-21-18)24-10-8-16(9-11-24)12-15-6-4-3-5-7-15/h3-7,13-14,16H,8-12,20H2,1-2H3,(H,21,22,23). The molecule has 128 valence electrons. The van der Waals surface area contributed by atoms with Crippen molar-refractivity contribution in [2.45, 2.75) is 39.2 Å². The molecular weight excluding hydrogens is 298 g/mol. The fraction of sp³-hybridized carbons (Fsp3) is 0.474. The minimum Gasteiger partial charge on any atom is -0.393 e. The average Bonchev–Trinajstić information content (AvgIpc) is 2.58. The average molecular weight is 325 g/mol. The van der Waals surface area contributed by atoms with Gasteiger partial charge in [0.25, 0.3) is 0 Å². The molecule has 1 aliphatic heterocycles. The normalized spacial score (nSPS) is 15.7. The van der Waals surface area contributed by atoms with E-state index in [0.29, 0.717) is 11.7 Å². The first-order valence-electron chi connectivity index (χ1n) is 8.79. The van der Waals surface area contributed by atoms with Gasteiger partial charge in [-0.05, 0) is 44.6 Å². The van der Waals surface area contributed by atoms with Crippen LogP contribution in [0.3, 0.4) is 0 Å². The van der Waals surface area contributed by atoms with Crippen molar-refractivity contribution in [1.82, 2.24) is 9.97 Å². The summed E-state index contributed by atoms with van der Waals surface area (Å²) in [7, 11) is 0. The number of aromatic nitrogens is 2. The number of nitrogens with zero attached hydrogens (tertiary/aromatic N) is 3. The van der Waals surface area contributed by atoms with Gasteiger partial charge in [0, 0.05) is 19.1 Å². The molecule has 24 heavy (non-hydrogen) atoms. The van der Waals surface area contributed by atoms with Gasteiger partial charge in [0.15, 0.2) is 11.6 Å². The summed E-state index contributed by atoms with van der Waals surface area (Å²) in [5.41, 5.74) is 8.38. The minimum atomic E-state index is 0.298. The maximum absolute atomic E-state index is 6.29. The fourth-order valence-electron chi connectivity index (χ4n) is 3.32. The van der Waals surface area contributed by atoms with Gasteiger partial charge < -0.3 is 16.0 Å². The van der Waals surface area contributed by atoms with Crippen LogP contribution in [-0.2, 0) is 6.42 Å². The number of benzene rings is 1. The van der Waals surface area contributed by atoms with Crippen LogP contribution in [0.2, 0.25) is 0 Å². The lowest BCUT2D eigenvalue weighted by atomic mass is 9.90. The molecule has 0 saturated carbocycles. The van der Waals surface area contributed by atoms with Gasteiger partial charge in [-0.15, -0.1) is 0 Å². The van der Waals surface area contributed by atoms with E-state index >= 15 is 0 Å². The largest absolute Gasteiger partial charge is 0.393 e. The van der Waals surface area contributed by atoms with Crippen LogP contribution in [0.1, 0.15) is 32.3 Å². The third-order valence-corrected chi connectivity index (χ3v) is 4.57. The second-order valence-corrected chi connectivity index (χ2v) is 6.88. The molecule has 1 saturated heterocycles. The summed E-state index contributed by atoms with van der Waals surface area (Å²) < 4.78 is 0. The van der Waals surface area contributed by atoms with Gasteiger partial charge >= 0.3 is 0 Å². The number of hydrogen-bond donors (Lipinski definition) is 2. The Morgan fingerprint density at radius 3 is 2.54 bits per heavy atom. The summed E-state index contributed by atoms with van der Waals surface area (Å²) in [6.45, 7) is 6.16. The highest BCUT2D eigenvalue weighted by molar-refractivity contribution is 5.75. The molecule has 0 bridgehead atoms. The monoisotopic (exact) mass is 325 g/mol. The van der Waals surface area contributed by atoms with Crippen molar-refractivity contribution in [3.05, 3.63) is 42.2 Å². The second-order valence-electron chi connectivity index (χ2n) is 6.88. The molecule has 3 N–H and O–H groups in total. The zero-order chi connectivity index (χ0) is 16.9. The molecule has 0 aliphatic carbocycles. The number of nitrogens with one attached hydrogen (secondary N) is 1. The Hall–Kier alpha value is -2.30. The van der Waals surface area contributed by atoms with Gasteiger partial charge in [0.2, 0.25) is 0 Å². The lowest BCUT2D eigenvalue weighted by molar-refractivity contribution is 0.402. The summed E-state index contributed by atoms with van der Waals surface area (Å²) in [5.74, 6) is 2.34.